The van der Waals surface area contributed by atoms with E-state index in [1.807, 2.05) is 0 Å². The predicted molar refractivity (Wildman–Crippen MR) is 83.4 cm³/mol. The zero-order chi connectivity index (χ0) is 14.5. The normalized spacial score (nSPS) is 11.6. The van der Waals surface area contributed by atoms with E-state index >= 15 is 0 Å². The number of hydrogen-bond acceptors (Lipinski definition) is 2. The van der Waals surface area contributed by atoms with E-state index in [2.05, 4.69) is 18.8 Å². The number of hydrogen-bond donors (Lipinski definition) is 3. The van der Waals surface area contributed by atoms with E-state index in [1.165, 1.54) is 32.1 Å². The van der Waals surface area contributed by atoms with Gasteiger partial charge in [0.25, 0.3) is 0 Å². The molecule has 0 bridgehead atoms. The molecule has 5 nitrogen and oxygen atoms in total. The molecule has 5 N–H and O–H groups in total. The molecule has 0 fully saturated rings. The third-order valence-corrected chi connectivity index (χ3v) is 3.09. The zero-order valence-electron chi connectivity index (χ0n) is 12.6. The molecule has 0 atom stereocenters. The van der Waals surface area contributed by atoms with Crippen LogP contribution < -0.4 is 11.5 Å². The Bertz CT molecular complexity index is 263. The van der Waals surface area contributed by atoms with Gasteiger partial charge in [-0.3, -0.25) is 15.3 Å². The van der Waals surface area contributed by atoms with Crippen LogP contribution in [0.4, 0.5) is 0 Å². The van der Waals surface area contributed by atoms with Gasteiger partial charge in [-0.1, -0.05) is 52.4 Å². The molecule has 112 valence electrons. The minimum atomic E-state index is -0.00805. The summed E-state index contributed by atoms with van der Waals surface area (Å²) < 4.78 is 0. The Balaban J connectivity index is 4.05. The molecule has 0 aromatic carbocycles. The summed E-state index contributed by atoms with van der Waals surface area (Å²) in [7, 11) is 0. The Morgan fingerprint density at radius 1 is 0.947 bits per heavy atom. The van der Waals surface area contributed by atoms with Crippen LogP contribution in [0.2, 0.25) is 0 Å². The van der Waals surface area contributed by atoms with Gasteiger partial charge in [-0.15, -0.1) is 0 Å². The van der Waals surface area contributed by atoms with Crippen LogP contribution in [0.1, 0.15) is 65.2 Å². The maximum atomic E-state index is 7.55. The Morgan fingerprint density at radius 2 is 1.53 bits per heavy atom. The summed E-state index contributed by atoms with van der Waals surface area (Å²) in [5, 5.41) is 7.55. The maximum Gasteiger partial charge on any atom is 0.198 e. The van der Waals surface area contributed by atoms with Crippen LogP contribution in [0.5, 0.6) is 0 Å². The minimum absolute atomic E-state index is 0.00805. The summed E-state index contributed by atoms with van der Waals surface area (Å²) in [6, 6.07) is 0. The van der Waals surface area contributed by atoms with Crippen molar-refractivity contribution in [2.75, 3.05) is 13.1 Å². The van der Waals surface area contributed by atoms with E-state index in [4.69, 9.17) is 16.9 Å². The molecule has 0 aromatic heterocycles. The number of guanidine groups is 2. The number of nitrogens with one attached hydrogen (secondary N) is 1. The van der Waals surface area contributed by atoms with Crippen molar-refractivity contribution in [3.05, 3.63) is 0 Å². The standard InChI is InChI=1S/C14H31N5/c1-3-5-7-9-11-18-14(17)19(13(15)16)12-10-8-6-4-2/h3-12H2,1-2H3,(H3,15,16)(H2,17,18). The lowest BCUT2D eigenvalue weighted by Gasteiger charge is -2.21. The summed E-state index contributed by atoms with van der Waals surface area (Å²) >= 11 is 0. The molecule has 0 saturated carbocycles. The molecule has 0 spiro atoms. The van der Waals surface area contributed by atoms with Gasteiger partial charge in [0.05, 0.1) is 0 Å². The predicted octanol–water partition coefficient (Wildman–Crippen LogP) is 2.66. The first-order valence-electron chi connectivity index (χ1n) is 7.54. The molecule has 0 amide bonds. The summed E-state index contributed by atoms with van der Waals surface area (Å²) in [4.78, 5) is 5.92. The Labute approximate surface area is 118 Å². The van der Waals surface area contributed by atoms with E-state index in [9.17, 15) is 0 Å². The average molecular weight is 269 g/mol. The molecule has 0 aliphatic heterocycles. The van der Waals surface area contributed by atoms with Gasteiger partial charge in [0.1, 0.15) is 0 Å². The number of unbranched alkanes of at least 4 members (excludes halogenated alkanes) is 6. The van der Waals surface area contributed by atoms with Gasteiger partial charge in [-0.2, -0.15) is 0 Å². The molecule has 0 radical (unpaired) electrons. The van der Waals surface area contributed by atoms with E-state index in [1.54, 1.807) is 4.90 Å². The van der Waals surface area contributed by atoms with Gasteiger partial charge in [0.15, 0.2) is 11.9 Å². The van der Waals surface area contributed by atoms with Gasteiger partial charge < -0.3 is 11.5 Å². The lowest BCUT2D eigenvalue weighted by molar-refractivity contribution is 0.528. The molecule has 0 aromatic rings. The van der Waals surface area contributed by atoms with Crippen LogP contribution >= 0.6 is 0 Å². The first-order chi connectivity index (χ1) is 9.13. The molecule has 0 saturated heterocycles. The molecule has 19 heavy (non-hydrogen) atoms. The van der Waals surface area contributed by atoms with Crippen molar-refractivity contribution in [2.45, 2.75) is 65.2 Å². The molecule has 0 aliphatic rings. The maximum absolute atomic E-state index is 7.55. The highest BCUT2D eigenvalue weighted by atomic mass is 15.3. The lowest BCUT2D eigenvalue weighted by Crippen LogP contribution is -2.46. The van der Waals surface area contributed by atoms with Crippen molar-refractivity contribution in [3.63, 3.8) is 0 Å². The van der Waals surface area contributed by atoms with Crippen molar-refractivity contribution < 1.29 is 0 Å². The first kappa shape index (κ1) is 17.7. The second-order valence-electron chi connectivity index (χ2n) is 4.90. The van der Waals surface area contributed by atoms with E-state index < -0.39 is 0 Å². The smallest absolute Gasteiger partial charge is 0.198 e. The van der Waals surface area contributed by atoms with E-state index in [0.717, 1.165) is 25.8 Å². The van der Waals surface area contributed by atoms with Crippen molar-refractivity contribution in [3.8, 4) is 0 Å². The Hall–Kier alpha value is -1.26. The highest BCUT2D eigenvalue weighted by molar-refractivity contribution is 5.95. The van der Waals surface area contributed by atoms with Crippen molar-refractivity contribution >= 4 is 11.9 Å². The quantitative estimate of drug-likeness (QED) is 0.323. The van der Waals surface area contributed by atoms with Crippen LogP contribution in [-0.2, 0) is 0 Å². The largest absolute Gasteiger partial charge is 0.370 e. The summed E-state index contributed by atoms with van der Waals surface area (Å²) in [5.74, 6) is 0.381. The lowest BCUT2D eigenvalue weighted by atomic mass is 10.2. The zero-order valence-corrected chi connectivity index (χ0v) is 12.6. The van der Waals surface area contributed by atoms with Crippen LogP contribution in [-0.4, -0.2) is 29.9 Å². The number of nitrogens with zero attached hydrogens (tertiary/aromatic N) is 2. The SMILES string of the molecule is CCCCCCN=C(N)N(CCCCCC)C(=N)N. The fourth-order valence-corrected chi connectivity index (χ4v) is 1.87. The van der Waals surface area contributed by atoms with Crippen LogP contribution in [0, 0.1) is 5.41 Å². The Morgan fingerprint density at radius 3 is 2.05 bits per heavy atom. The number of aliphatic imine (C=N–C) groups is 1. The molecule has 0 heterocycles. The second-order valence-corrected chi connectivity index (χ2v) is 4.90. The van der Waals surface area contributed by atoms with Gasteiger partial charge in [0, 0.05) is 13.1 Å². The summed E-state index contributed by atoms with van der Waals surface area (Å²) in [5.41, 5.74) is 11.5. The number of nitrogens with two attached hydrogens (primary N) is 2. The third kappa shape index (κ3) is 9.33. The molecular weight excluding hydrogens is 238 g/mol. The van der Waals surface area contributed by atoms with Gasteiger partial charge in [-0.05, 0) is 12.8 Å². The van der Waals surface area contributed by atoms with Crippen molar-refractivity contribution in [1.29, 1.82) is 5.41 Å². The number of rotatable bonds is 10. The molecule has 0 unspecified atom stereocenters. The fraction of sp³-hybridized carbons (Fsp3) is 0.857. The third-order valence-electron chi connectivity index (χ3n) is 3.09. The average Bonchev–Trinajstić information content (AvgIpc) is 2.37. The topological polar surface area (TPSA) is 91.5 Å². The highest BCUT2D eigenvalue weighted by Crippen LogP contribution is 2.02. The highest BCUT2D eigenvalue weighted by Gasteiger charge is 2.10. The van der Waals surface area contributed by atoms with Gasteiger partial charge in [0.2, 0.25) is 0 Å². The molecule has 5 heteroatoms. The van der Waals surface area contributed by atoms with Crippen molar-refractivity contribution in [2.24, 2.45) is 16.5 Å². The summed E-state index contributed by atoms with van der Waals surface area (Å²) in [6.07, 6.45) is 9.24. The van der Waals surface area contributed by atoms with Crippen molar-refractivity contribution in [1.82, 2.24) is 4.90 Å². The van der Waals surface area contributed by atoms with E-state index in [-0.39, 0.29) is 5.96 Å². The van der Waals surface area contributed by atoms with Gasteiger partial charge >= 0.3 is 0 Å². The van der Waals surface area contributed by atoms with Gasteiger partial charge in [-0.25, -0.2) is 0 Å². The van der Waals surface area contributed by atoms with Crippen LogP contribution in [0.25, 0.3) is 0 Å². The minimum Gasteiger partial charge on any atom is -0.370 e. The molecular formula is C14H31N5. The Kier molecular flexibility index (Phi) is 11.0. The monoisotopic (exact) mass is 269 g/mol. The van der Waals surface area contributed by atoms with Crippen LogP contribution in [0.15, 0.2) is 4.99 Å². The summed E-state index contributed by atoms with van der Waals surface area (Å²) in [6.45, 7) is 5.78. The van der Waals surface area contributed by atoms with Crippen LogP contribution in [0.3, 0.4) is 0 Å². The van der Waals surface area contributed by atoms with E-state index in [0.29, 0.717) is 12.5 Å². The first-order valence-corrected chi connectivity index (χ1v) is 7.54. The molecule has 0 aliphatic carbocycles. The second kappa shape index (κ2) is 11.8. The molecule has 0 rings (SSSR count). The fourth-order valence-electron chi connectivity index (χ4n) is 1.87.